The van der Waals surface area contributed by atoms with Crippen LogP contribution < -0.4 is 10.9 Å². The van der Waals surface area contributed by atoms with Crippen LogP contribution in [-0.4, -0.2) is 43.2 Å². The summed E-state index contributed by atoms with van der Waals surface area (Å²) < 4.78 is 57.7. The summed E-state index contributed by atoms with van der Waals surface area (Å²) in [6, 6.07) is 3.28. The molecule has 1 amide bonds. The highest BCUT2D eigenvalue weighted by Gasteiger charge is 2.25. The van der Waals surface area contributed by atoms with E-state index in [0.29, 0.717) is 0 Å². The largest absolute Gasteiger partial charge is 0.493 e. The molecule has 3 N–H and O–H groups in total. The van der Waals surface area contributed by atoms with E-state index in [1.54, 1.807) is 0 Å². The summed E-state index contributed by atoms with van der Waals surface area (Å²) in [5.41, 5.74) is -1.78. The highest BCUT2D eigenvalue weighted by Crippen LogP contribution is 2.33. The summed E-state index contributed by atoms with van der Waals surface area (Å²) in [7, 11) is -8.71. The van der Waals surface area contributed by atoms with E-state index in [0.717, 1.165) is 23.0 Å². The molecule has 0 spiro atoms. The van der Waals surface area contributed by atoms with Crippen molar-refractivity contribution in [2.75, 3.05) is 11.6 Å². The highest BCUT2D eigenvalue weighted by molar-refractivity contribution is 7.90. The average Bonchev–Trinajstić information content (AvgIpc) is 2.59. The minimum atomic E-state index is -4.74. The third-order valence-corrected chi connectivity index (χ3v) is 6.24. The van der Waals surface area contributed by atoms with E-state index in [1.165, 1.54) is 26.8 Å². The Bertz CT molecular complexity index is 1360. The van der Waals surface area contributed by atoms with Crippen molar-refractivity contribution >= 4 is 42.9 Å². The van der Waals surface area contributed by atoms with Crippen LogP contribution in [0.4, 0.5) is 17.1 Å². The Morgan fingerprint density at radius 2 is 1.81 bits per heavy atom. The molecule has 12 nitrogen and oxygen atoms in total. The van der Waals surface area contributed by atoms with Crippen molar-refractivity contribution in [1.29, 1.82) is 0 Å². The number of aromatic hydroxyl groups is 1. The zero-order valence-corrected chi connectivity index (χ0v) is 18.6. The van der Waals surface area contributed by atoms with Crippen LogP contribution in [0.1, 0.15) is 19.4 Å². The van der Waals surface area contributed by atoms with E-state index in [9.17, 15) is 36.1 Å². The standard InChI is InChI=1S/C17H20N4O8S2/c1-5-21-16(23)14(9(2)15(17(21)24)30(4,25)26)20-19-12-8-11(18-10(3)22)6-7-13(12)31(27,28)29/h6-8,24H,5H2,1-4H3,(H,18,22)(H,27,28,29). The van der Waals surface area contributed by atoms with Crippen LogP contribution >= 0.6 is 0 Å². The van der Waals surface area contributed by atoms with E-state index < -0.39 is 58.5 Å². The molecular weight excluding hydrogens is 452 g/mol. The molecule has 168 valence electrons. The van der Waals surface area contributed by atoms with Gasteiger partial charge in [0.25, 0.3) is 15.7 Å². The number of nitrogens with zero attached hydrogens (tertiary/aromatic N) is 3. The molecule has 14 heteroatoms. The fraction of sp³-hybridized carbons (Fsp3) is 0.294. The van der Waals surface area contributed by atoms with E-state index in [1.807, 2.05) is 0 Å². The lowest BCUT2D eigenvalue weighted by Crippen LogP contribution is -2.22. The zero-order valence-electron chi connectivity index (χ0n) is 16.9. The van der Waals surface area contributed by atoms with Gasteiger partial charge in [-0.1, -0.05) is 0 Å². The van der Waals surface area contributed by atoms with Gasteiger partial charge >= 0.3 is 0 Å². The summed E-state index contributed by atoms with van der Waals surface area (Å²) in [5, 5.41) is 20.1. The summed E-state index contributed by atoms with van der Waals surface area (Å²) in [4.78, 5) is 22.7. The van der Waals surface area contributed by atoms with Crippen molar-refractivity contribution < 1.29 is 31.3 Å². The molecule has 1 aromatic carbocycles. The smallest absolute Gasteiger partial charge is 0.296 e. The van der Waals surface area contributed by atoms with Gasteiger partial charge < -0.3 is 10.4 Å². The topological polar surface area (TPSA) is 185 Å². The van der Waals surface area contributed by atoms with Crippen LogP contribution in [0.15, 0.2) is 43.0 Å². The van der Waals surface area contributed by atoms with Gasteiger partial charge in [0.05, 0.1) is 0 Å². The van der Waals surface area contributed by atoms with Gasteiger partial charge in [0.2, 0.25) is 11.8 Å². The zero-order chi connectivity index (χ0) is 23.7. The fourth-order valence-electron chi connectivity index (χ4n) is 2.84. The van der Waals surface area contributed by atoms with Crippen LogP contribution in [0.3, 0.4) is 0 Å². The first-order chi connectivity index (χ1) is 14.2. The number of anilines is 1. The number of aromatic nitrogens is 1. The quantitative estimate of drug-likeness (QED) is 0.420. The van der Waals surface area contributed by atoms with Crippen molar-refractivity contribution in [3.63, 3.8) is 0 Å². The molecule has 2 rings (SSSR count). The second-order valence-corrected chi connectivity index (χ2v) is 9.83. The van der Waals surface area contributed by atoms with Crippen LogP contribution in [0, 0.1) is 6.92 Å². The Morgan fingerprint density at radius 1 is 1.19 bits per heavy atom. The molecule has 0 atom stereocenters. The number of pyridine rings is 1. The number of carbonyl (C=O) groups is 1. The summed E-state index contributed by atoms with van der Waals surface area (Å²) >= 11 is 0. The van der Waals surface area contributed by atoms with E-state index in [-0.39, 0.29) is 17.8 Å². The third kappa shape index (κ3) is 5.15. The minimum absolute atomic E-state index is 0.0791. The number of azo groups is 1. The lowest BCUT2D eigenvalue weighted by atomic mass is 10.2. The molecule has 1 heterocycles. The number of benzene rings is 1. The average molecular weight is 473 g/mol. The number of rotatable bonds is 6. The van der Waals surface area contributed by atoms with Gasteiger partial charge in [0, 0.05) is 31.0 Å². The van der Waals surface area contributed by atoms with Gasteiger partial charge in [0.15, 0.2) is 15.5 Å². The van der Waals surface area contributed by atoms with Crippen LogP contribution in [0.5, 0.6) is 5.88 Å². The van der Waals surface area contributed by atoms with Gasteiger partial charge in [-0.05, 0) is 32.0 Å². The van der Waals surface area contributed by atoms with Gasteiger partial charge in [-0.3, -0.25) is 18.7 Å². The van der Waals surface area contributed by atoms with Crippen LogP contribution in [0.2, 0.25) is 0 Å². The Balaban J connectivity index is 2.81. The molecule has 0 saturated heterocycles. The molecule has 0 aliphatic rings. The molecule has 31 heavy (non-hydrogen) atoms. The third-order valence-electron chi connectivity index (χ3n) is 4.10. The van der Waals surface area contributed by atoms with Gasteiger partial charge in [-0.25, -0.2) is 8.42 Å². The number of sulfone groups is 1. The summed E-state index contributed by atoms with van der Waals surface area (Å²) in [6.07, 6.45) is 0.841. The van der Waals surface area contributed by atoms with E-state index in [2.05, 4.69) is 15.5 Å². The number of amides is 1. The first-order valence-electron chi connectivity index (χ1n) is 8.65. The first-order valence-corrected chi connectivity index (χ1v) is 12.0. The monoisotopic (exact) mass is 472 g/mol. The molecule has 0 aliphatic heterocycles. The van der Waals surface area contributed by atoms with Crippen LogP contribution in [0.25, 0.3) is 0 Å². The fourth-order valence-corrected chi connectivity index (χ4v) is 4.53. The minimum Gasteiger partial charge on any atom is -0.493 e. The Labute approximate surface area is 177 Å². The lowest BCUT2D eigenvalue weighted by Gasteiger charge is -2.14. The Morgan fingerprint density at radius 3 is 2.29 bits per heavy atom. The van der Waals surface area contributed by atoms with Crippen molar-refractivity contribution in [3.8, 4) is 5.88 Å². The number of carbonyl (C=O) groups excluding carboxylic acids is 1. The predicted molar refractivity (Wildman–Crippen MR) is 111 cm³/mol. The lowest BCUT2D eigenvalue weighted by molar-refractivity contribution is -0.114. The van der Waals surface area contributed by atoms with Crippen LogP contribution in [-0.2, 0) is 31.3 Å². The van der Waals surface area contributed by atoms with Crippen molar-refractivity contribution in [2.45, 2.75) is 37.1 Å². The molecule has 2 aromatic rings. The molecule has 0 bridgehead atoms. The highest BCUT2D eigenvalue weighted by atomic mass is 32.2. The molecular formula is C17H20N4O8S2. The molecule has 0 unspecified atom stereocenters. The van der Waals surface area contributed by atoms with Gasteiger partial charge in [-0.15, -0.1) is 10.2 Å². The summed E-state index contributed by atoms with van der Waals surface area (Å²) in [5.74, 6) is -1.21. The second-order valence-electron chi connectivity index (χ2n) is 6.49. The number of nitrogens with one attached hydrogen (secondary N) is 1. The summed E-state index contributed by atoms with van der Waals surface area (Å²) in [6.45, 7) is 3.88. The number of hydrogen-bond donors (Lipinski definition) is 3. The van der Waals surface area contributed by atoms with E-state index in [4.69, 9.17) is 0 Å². The molecule has 0 saturated carbocycles. The maximum atomic E-state index is 12.7. The van der Waals surface area contributed by atoms with Crippen molar-refractivity contribution in [1.82, 2.24) is 4.57 Å². The first kappa shape index (κ1) is 24.2. The maximum Gasteiger partial charge on any atom is 0.296 e. The van der Waals surface area contributed by atoms with Gasteiger partial charge in [0.1, 0.15) is 15.5 Å². The molecule has 1 aromatic heterocycles. The molecule has 0 fully saturated rings. The Kier molecular flexibility index (Phi) is 6.68. The van der Waals surface area contributed by atoms with E-state index >= 15 is 0 Å². The molecule has 0 radical (unpaired) electrons. The predicted octanol–water partition coefficient (Wildman–Crippen LogP) is 1.91. The van der Waals surface area contributed by atoms with Crippen molar-refractivity contribution in [3.05, 3.63) is 34.1 Å². The van der Waals surface area contributed by atoms with Gasteiger partial charge in [-0.2, -0.15) is 8.42 Å². The molecule has 0 aliphatic carbocycles. The van der Waals surface area contributed by atoms with Crippen molar-refractivity contribution in [2.24, 2.45) is 10.2 Å². The second kappa shape index (κ2) is 8.56. The Hall–Kier alpha value is -3.10. The SMILES string of the molecule is CCn1c(O)c(S(C)(=O)=O)c(C)c(N=Nc2cc(NC(C)=O)ccc2S(=O)(=O)O)c1=O. The normalized spacial score (nSPS) is 12.3. The number of hydrogen-bond acceptors (Lipinski definition) is 9. The maximum absolute atomic E-state index is 12.7.